The summed E-state index contributed by atoms with van der Waals surface area (Å²) in [6.07, 6.45) is -1.13. The van der Waals surface area contributed by atoms with Gasteiger partial charge < -0.3 is 9.84 Å². The summed E-state index contributed by atoms with van der Waals surface area (Å²) in [5, 5.41) is 9.14. The number of esters is 1. The Kier molecular flexibility index (Phi) is 3.65. The van der Waals surface area contributed by atoms with Crippen molar-refractivity contribution in [3.05, 3.63) is 35.9 Å². The minimum Gasteiger partial charge on any atom is -0.456 e. The van der Waals surface area contributed by atoms with E-state index < -0.39 is 18.2 Å². The molecule has 14 heavy (non-hydrogen) atoms. The van der Waals surface area contributed by atoms with Gasteiger partial charge in [0.25, 0.3) is 0 Å². The number of aliphatic hydroxyl groups is 1. The van der Waals surface area contributed by atoms with E-state index in [1.54, 1.807) is 38.1 Å². The zero-order valence-electron chi connectivity index (χ0n) is 8.31. The van der Waals surface area contributed by atoms with E-state index in [1.807, 2.05) is 6.07 Å². The van der Waals surface area contributed by atoms with Crippen molar-refractivity contribution in [2.45, 2.75) is 26.1 Å². The van der Waals surface area contributed by atoms with Gasteiger partial charge in [-0.3, -0.25) is 0 Å². The van der Waals surface area contributed by atoms with Crippen LogP contribution in [0.25, 0.3) is 0 Å². The molecule has 0 aliphatic rings. The second kappa shape index (κ2) is 4.77. The van der Waals surface area contributed by atoms with Crippen LogP contribution in [0.4, 0.5) is 0 Å². The minimum atomic E-state index is -0.650. The summed E-state index contributed by atoms with van der Waals surface area (Å²) in [7, 11) is 0. The molecular formula is C11H14O3. The van der Waals surface area contributed by atoms with Crippen LogP contribution in [-0.2, 0) is 4.74 Å². The van der Waals surface area contributed by atoms with Gasteiger partial charge in [0.2, 0.25) is 0 Å². The molecule has 1 N–H and O–H groups in total. The Bertz CT molecular complexity index is 293. The third-order valence-corrected chi connectivity index (χ3v) is 1.98. The topological polar surface area (TPSA) is 46.5 Å². The summed E-state index contributed by atoms with van der Waals surface area (Å²) in [6, 6.07) is 8.72. The predicted octanol–water partition coefficient (Wildman–Crippen LogP) is 1.61. The number of hydrogen-bond donors (Lipinski definition) is 1. The highest BCUT2D eigenvalue weighted by Crippen LogP contribution is 2.05. The number of ether oxygens (including phenoxy) is 1. The molecule has 0 aliphatic heterocycles. The van der Waals surface area contributed by atoms with Crippen molar-refractivity contribution in [1.82, 2.24) is 0 Å². The quantitative estimate of drug-likeness (QED) is 0.743. The van der Waals surface area contributed by atoms with Gasteiger partial charge in [-0.25, -0.2) is 4.79 Å². The molecule has 0 amide bonds. The fraction of sp³-hybridized carbons (Fsp3) is 0.364. The standard InChI is InChI=1S/C11H14O3/c1-8(12)9(2)14-11(13)10-6-4-3-5-7-10/h3-9,12H,1-2H3/t8-,9-/m1/s1. The lowest BCUT2D eigenvalue weighted by Gasteiger charge is -2.15. The Balaban J connectivity index is 2.60. The van der Waals surface area contributed by atoms with Gasteiger partial charge in [0.05, 0.1) is 11.7 Å². The average molecular weight is 194 g/mol. The van der Waals surface area contributed by atoms with E-state index >= 15 is 0 Å². The Morgan fingerprint density at radius 1 is 1.29 bits per heavy atom. The highest BCUT2D eigenvalue weighted by Gasteiger charge is 2.15. The summed E-state index contributed by atoms with van der Waals surface area (Å²) in [4.78, 5) is 11.4. The molecular weight excluding hydrogens is 180 g/mol. The van der Waals surface area contributed by atoms with E-state index in [0.29, 0.717) is 5.56 Å². The second-order valence-corrected chi connectivity index (χ2v) is 3.22. The lowest BCUT2D eigenvalue weighted by molar-refractivity contribution is -0.00468. The molecule has 3 nitrogen and oxygen atoms in total. The van der Waals surface area contributed by atoms with Crippen LogP contribution in [0, 0.1) is 0 Å². The lowest BCUT2D eigenvalue weighted by atomic mass is 10.2. The highest BCUT2D eigenvalue weighted by atomic mass is 16.6. The van der Waals surface area contributed by atoms with Gasteiger partial charge in [-0.1, -0.05) is 18.2 Å². The van der Waals surface area contributed by atoms with E-state index in [2.05, 4.69) is 0 Å². The molecule has 0 heterocycles. The molecule has 0 bridgehead atoms. The maximum absolute atomic E-state index is 11.4. The van der Waals surface area contributed by atoms with Gasteiger partial charge in [0.1, 0.15) is 6.10 Å². The van der Waals surface area contributed by atoms with Crippen molar-refractivity contribution >= 4 is 5.97 Å². The molecule has 0 spiro atoms. The number of carbonyl (C=O) groups excluding carboxylic acids is 1. The first-order valence-electron chi connectivity index (χ1n) is 4.55. The molecule has 76 valence electrons. The third kappa shape index (κ3) is 2.85. The Hall–Kier alpha value is -1.35. The fourth-order valence-corrected chi connectivity index (χ4v) is 0.910. The first kappa shape index (κ1) is 10.7. The van der Waals surface area contributed by atoms with Crippen LogP contribution >= 0.6 is 0 Å². The van der Waals surface area contributed by atoms with Crippen LogP contribution in [-0.4, -0.2) is 23.3 Å². The normalized spacial score (nSPS) is 14.5. The molecule has 3 heteroatoms. The Labute approximate surface area is 83.3 Å². The minimum absolute atomic E-state index is 0.404. The van der Waals surface area contributed by atoms with Crippen LogP contribution in [0.1, 0.15) is 24.2 Å². The van der Waals surface area contributed by atoms with E-state index in [9.17, 15) is 4.79 Å². The fourth-order valence-electron chi connectivity index (χ4n) is 0.910. The summed E-state index contributed by atoms with van der Waals surface area (Å²) in [5.41, 5.74) is 0.500. The number of rotatable bonds is 3. The van der Waals surface area contributed by atoms with E-state index in [-0.39, 0.29) is 0 Å². The molecule has 0 fully saturated rings. The van der Waals surface area contributed by atoms with Crippen LogP contribution in [0.2, 0.25) is 0 Å². The lowest BCUT2D eigenvalue weighted by Crippen LogP contribution is -2.25. The summed E-state index contributed by atoms with van der Waals surface area (Å²) in [6.45, 7) is 3.24. The molecule has 0 unspecified atom stereocenters. The van der Waals surface area contributed by atoms with Crippen molar-refractivity contribution in [3.63, 3.8) is 0 Å². The molecule has 1 aromatic carbocycles. The largest absolute Gasteiger partial charge is 0.456 e. The van der Waals surface area contributed by atoms with Gasteiger partial charge in [0.15, 0.2) is 0 Å². The maximum atomic E-state index is 11.4. The van der Waals surface area contributed by atoms with E-state index in [1.165, 1.54) is 0 Å². The average Bonchev–Trinajstić information content (AvgIpc) is 2.19. The number of benzene rings is 1. The third-order valence-electron chi connectivity index (χ3n) is 1.98. The SMILES string of the molecule is C[C@@H](O)[C@@H](C)OC(=O)c1ccccc1. The van der Waals surface area contributed by atoms with Crippen LogP contribution in [0.3, 0.4) is 0 Å². The predicted molar refractivity (Wildman–Crippen MR) is 53.0 cm³/mol. The first-order chi connectivity index (χ1) is 6.61. The zero-order chi connectivity index (χ0) is 10.6. The maximum Gasteiger partial charge on any atom is 0.338 e. The van der Waals surface area contributed by atoms with Crippen LogP contribution in [0.15, 0.2) is 30.3 Å². The van der Waals surface area contributed by atoms with Gasteiger partial charge in [-0.05, 0) is 26.0 Å². The van der Waals surface area contributed by atoms with Gasteiger partial charge in [-0.2, -0.15) is 0 Å². The number of hydrogen-bond acceptors (Lipinski definition) is 3. The molecule has 0 aliphatic carbocycles. The van der Waals surface area contributed by atoms with Crippen molar-refractivity contribution in [2.24, 2.45) is 0 Å². The molecule has 0 saturated heterocycles. The van der Waals surface area contributed by atoms with Gasteiger partial charge >= 0.3 is 5.97 Å². The molecule has 2 atom stereocenters. The van der Waals surface area contributed by atoms with E-state index in [0.717, 1.165) is 0 Å². The Morgan fingerprint density at radius 3 is 2.36 bits per heavy atom. The van der Waals surface area contributed by atoms with Crippen molar-refractivity contribution < 1.29 is 14.6 Å². The van der Waals surface area contributed by atoms with Crippen molar-refractivity contribution in [3.8, 4) is 0 Å². The number of aliphatic hydroxyl groups excluding tert-OH is 1. The monoisotopic (exact) mass is 194 g/mol. The molecule has 1 rings (SSSR count). The van der Waals surface area contributed by atoms with Crippen LogP contribution in [0.5, 0.6) is 0 Å². The highest BCUT2D eigenvalue weighted by molar-refractivity contribution is 5.89. The molecule has 0 radical (unpaired) electrons. The van der Waals surface area contributed by atoms with Crippen molar-refractivity contribution in [1.29, 1.82) is 0 Å². The zero-order valence-corrected chi connectivity index (χ0v) is 8.31. The summed E-state index contributed by atoms with van der Waals surface area (Å²) in [5.74, 6) is -0.404. The molecule has 1 aromatic rings. The van der Waals surface area contributed by atoms with Gasteiger partial charge in [0, 0.05) is 0 Å². The van der Waals surface area contributed by atoms with E-state index in [4.69, 9.17) is 9.84 Å². The van der Waals surface area contributed by atoms with Crippen LogP contribution < -0.4 is 0 Å². The summed E-state index contributed by atoms with van der Waals surface area (Å²) >= 11 is 0. The Morgan fingerprint density at radius 2 is 1.86 bits per heavy atom. The molecule has 0 saturated carbocycles. The number of carbonyl (C=O) groups is 1. The smallest absolute Gasteiger partial charge is 0.338 e. The summed E-state index contributed by atoms with van der Waals surface area (Å²) < 4.78 is 5.01. The first-order valence-corrected chi connectivity index (χ1v) is 4.55. The second-order valence-electron chi connectivity index (χ2n) is 3.22. The molecule has 0 aromatic heterocycles. The van der Waals surface area contributed by atoms with Gasteiger partial charge in [-0.15, -0.1) is 0 Å². The van der Waals surface area contributed by atoms with Crippen molar-refractivity contribution in [2.75, 3.05) is 0 Å².